The molecule has 0 bridgehead atoms. The van der Waals surface area contributed by atoms with Gasteiger partial charge in [-0.3, -0.25) is 0 Å². The molecule has 0 radical (unpaired) electrons. The molecule has 1 rings (SSSR count). The quantitative estimate of drug-likeness (QED) is 0.546. The van der Waals surface area contributed by atoms with E-state index in [1.54, 1.807) is 0 Å². The summed E-state index contributed by atoms with van der Waals surface area (Å²) in [7, 11) is 0. The van der Waals surface area contributed by atoms with E-state index in [0.29, 0.717) is 0 Å². The smallest absolute Gasteiger partial charge is 0.129 e. The van der Waals surface area contributed by atoms with E-state index in [9.17, 15) is 4.79 Å². The van der Waals surface area contributed by atoms with Gasteiger partial charge in [0.2, 0.25) is 0 Å². The van der Waals surface area contributed by atoms with Crippen molar-refractivity contribution in [1.29, 1.82) is 0 Å². The lowest BCUT2D eigenvalue weighted by molar-refractivity contribution is -0.111. The molecule has 0 N–H and O–H groups in total. The van der Waals surface area contributed by atoms with Crippen LogP contribution in [0.5, 0.6) is 0 Å². The number of carbonyl (C=O) groups is 1. The lowest BCUT2D eigenvalue weighted by Crippen LogP contribution is -2.18. The van der Waals surface area contributed by atoms with Gasteiger partial charge in [-0.15, -0.1) is 12.6 Å². The minimum atomic E-state index is -0.404. The summed E-state index contributed by atoms with van der Waals surface area (Å²) < 4.78 is 0. The van der Waals surface area contributed by atoms with E-state index in [-0.39, 0.29) is 0 Å². The van der Waals surface area contributed by atoms with Gasteiger partial charge in [0.1, 0.15) is 6.29 Å². The first-order valence-corrected chi connectivity index (χ1v) is 4.27. The van der Waals surface area contributed by atoms with Crippen LogP contribution in [-0.4, -0.2) is 6.29 Å². The molecule has 0 aromatic heterocycles. The Balaban J connectivity index is 3.11. The number of benzene rings is 1. The molecule has 0 fully saturated rings. The lowest BCUT2D eigenvalue weighted by atomic mass is 9.86. The molecule has 0 spiro atoms. The Bertz CT molecular complexity index is 292. The van der Waals surface area contributed by atoms with Gasteiger partial charge < -0.3 is 4.79 Å². The summed E-state index contributed by atoms with van der Waals surface area (Å²) in [5.74, 6) is 0. The molecule has 0 unspecified atom stereocenters. The molecule has 1 aromatic rings. The molecule has 64 valence electrons. The second-order valence-corrected chi connectivity index (χ2v) is 3.91. The summed E-state index contributed by atoms with van der Waals surface area (Å²) in [4.78, 5) is 11.6. The van der Waals surface area contributed by atoms with Crippen LogP contribution >= 0.6 is 12.6 Å². The highest BCUT2D eigenvalue weighted by atomic mass is 32.1. The zero-order chi connectivity index (χ0) is 9.19. The topological polar surface area (TPSA) is 17.1 Å². The molecule has 0 saturated heterocycles. The van der Waals surface area contributed by atoms with Gasteiger partial charge in [-0.2, -0.15) is 0 Å². The second-order valence-electron chi connectivity index (χ2n) is 3.39. The van der Waals surface area contributed by atoms with Gasteiger partial charge in [0, 0.05) is 10.3 Å². The lowest BCUT2D eigenvalue weighted by Gasteiger charge is -2.17. The Labute approximate surface area is 78.2 Å². The fourth-order valence-corrected chi connectivity index (χ4v) is 1.20. The molecular weight excluding hydrogens is 168 g/mol. The van der Waals surface area contributed by atoms with Crippen molar-refractivity contribution >= 4 is 18.9 Å². The first-order valence-electron chi connectivity index (χ1n) is 3.82. The van der Waals surface area contributed by atoms with E-state index in [4.69, 9.17) is 0 Å². The van der Waals surface area contributed by atoms with E-state index < -0.39 is 5.41 Å². The van der Waals surface area contributed by atoms with Crippen molar-refractivity contribution in [3.05, 3.63) is 29.8 Å². The van der Waals surface area contributed by atoms with Crippen LogP contribution in [-0.2, 0) is 10.2 Å². The molecule has 12 heavy (non-hydrogen) atoms. The number of rotatable bonds is 2. The monoisotopic (exact) mass is 180 g/mol. The van der Waals surface area contributed by atoms with Gasteiger partial charge in [-0.05, 0) is 31.5 Å². The van der Waals surface area contributed by atoms with Crippen molar-refractivity contribution in [3.63, 3.8) is 0 Å². The Kier molecular flexibility index (Phi) is 2.58. The minimum Gasteiger partial charge on any atom is -0.302 e. The standard InChI is InChI=1S/C10H12OS/c1-10(2,7-11)8-4-3-5-9(12)6-8/h3-7,12H,1-2H3. The molecule has 2 heteroatoms. The zero-order valence-electron chi connectivity index (χ0n) is 7.24. The second kappa shape index (κ2) is 3.31. The summed E-state index contributed by atoms with van der Waals surface area (Å²) in [5.41, 5.74) is 0.601. The van der Waals surface area contributed by atoms with E-state index in [2.05, 4.69) is 12.6 Å². The fourth-order valence-electron chi connectivity index (χ4n) is 0.975. The van der Waals surface area contributed by atoms with Gasteiger partial charge >= 0.3 is 0 Å². The van der Waals surface area contributed by atoms with E-state index in [0.717, 1.165) is 16.7 Å². The van der Waals surface area contributed by atoms with Crippen LogP contribution in [0.15, 0.2) is 29.2 Å². The van der Waals surface area contributed by atoms with Crippen LogP contribution in [0.3, 0.4) is 0 Å². The molecular formula is C10H12OS. The van der Waals surface area contributed by atoms with Gasteiger partial charge in [-0.25, -0.2) is 0 Å². The molecule has 0 aliphatic heterocycles. The van der Waals surface area contributed by atoms with Crippen molar-refractivity contribution < 1.29 is 4.79 Å². The van der Waals surface area contributed by atoms with E-state index in [1.165, 1.54) is 0 Å². The average Bonchev–Trinajstić information content (AvgIpc) is 2.05. The van der Waals surface area contributed by atoms with Crippen molar-refractivity contribution in [1.82, 2.24) is 0 Å². The maximum absolute atomic E-state index is 10.7. The maximum atomic E-state index is 10.7. The normalized spacial score (nSPS) is 11.2. The Morgan fingerprint density at radius 3 is 2.58 bits per heavy atom. The van der Waals surface area contributed by atoms with Crippen molar-refractivity contribution in [2.24, 2.45) is 0 Å². The highest BCUT2D eigenvalue weighted by molar-refractivity contribution is 7.80. The summed E-state index contributed by atoms with van der Waals surface area (Å²) in [6.07, 6.45) is 0.954. The van der Waals surface area contributed by atoms with E-state index >= 15 is 0 Å². The van der Waals surface area contributed by atoms with Gasteiger partial charge in [0.25, 0.3) is 0 Å². The first kappa shape index (κ1) is 9.33. The first-order chi connectivity index (χ1) is 5.56. The predicted octanol–water partition coefficient (Wildman–Crippen LogP) is 2.45. The van der Waals surface area contributed by atoms with Crippen LogP contribution in [0.25, 0.3) is 0 Å². The number of carbonyl (C=O) groups excluding carboxylic acids is 1. The Hall–Kier alpha value is -0.760. The Morgan fingerprint density at radius 2 is 2.08 bits per heavy atom. The van der Waals surface area contributed by atoms with Crippen LogP contribution in [0, 0.1) is 0 Å². The predicted molar refractivity (Wildman–Crippen MR) is 52.8 cm³/mol. The minimum absolute atomic E-state index is 0.404. The molecule has 0 aliphatic carbocycles. The van der Waals surface area contributed by atoms with Crippen molar-refractivity contribution in [2.45, 2.75) is 24.2 Å². The van der Waals surface area contributed by atoms with Crippen LogP contribution in [0.2, 0.25) is 0 Å². The molecule has 0 atom stereocenters. The number of hydrogen-bond donors (Lipinski definition) is 1. The number of hydrogen-bond acceptors (Lipinski definition) is 2. The third-order valence-corrected chi connectivity index (χ3v) is 2.16. The summed E-state index contributed by atoms with van der Waals surface area (Å²) in [6.45, 7) is 3.78. The van der Waals surface area contributed by atoms with Gasteiger partial charge in [0.15, 0.2) is 0 Å². The van der Waals surface area contributed by atoms with Crippen molar-refractivity contribution in [3.8, 4) is 0 Å². The average molecular weight is 180 g/mol. The van der Waals surface area contributed by atoms with Crippen LogP contribution < -0.4 is 0 Å². The van der Waals surface area contributed by atoms with Gasteiger partial charge in [0.05, 0.1) is 0 Å². The zero-order valence-corrected chi connectivity index (χ0v) is 8.14. The van der Waals surface area contributed by atoms with Crippen LogP contribution in [0.4, 0.5) is 0 Å². The van der Waals surface area contributed by atoms with Crippen LogP contribution in [0.1, 0.15) is 19.4 Å². The Morgan fingerprint density at radius 1 is 1.42 bits per heavy atom. The number of aldehydes is 1. The summed E-state index contributed by atoms with van der Waals surface area (Å²) in [6, 6.07) is 7.65. The van der Waals surface area contributed by atoms with E-state index in [1.807, 2.05) is 38.1 Å². The third-order valence-electron chi connectivity index (χ3n) is 1.88. The highest BCUT2D eigenvalue weighted by Gasteiger charge is 2.18. The highest BCUT2D eigenvalue weighted by Crippen LogP contribution is 2.22. The maximum Gasteiger partial charge on any atom is 0.129 e. The summed E-state index contributed by atoms with van der Waals surface area (Å²) in [5, 5.41) is 0. The third kappa shape index (κ3) is 1.89. The SMILES string of the molecule is CC(C)(C=O)c1cccc(S)c1. The molecule has 1 aromatic carbocycles. The van der Waals surface area contributed by atoms with Crippen molar-refractivity contribution in [2.75, 3.05) is 0 Å². The fraction of sp³-hybridized carbons (Fsp3) is 0.300. The largest absolute Gasteiger partial charge is 0.302 e. The molecule has 0 aliphatic rings. The molecule has 0 saturated carbocycles. The van der Waals surface area contributed by atoms with Gasteiger partial charge in [-0.1, -0.05) is 12.1 Å². The molecule has 0 amide bonds. The number of thiol groups is 1. The molecule has 1 nitrogen and oxygen atoms in total. The summed E-state index contributed by atoms with van der Waals surface area (Å²) >= 11 is 4.21. The molecule has 0 heterocycles.